The van der Waals surface area contributed by atoms with Crippen LogP contribution in [0.2, 0.25) is 10.3 Å². The monoisotopic (exact) mass is 377 g/mol. The van der Waals surface area contributed by atoms with Crippen molar-refractivity contribution in [1.29, 1.82) is 0 Å². The van der Waals surface area contributed by atoms with Crippen molar-refractivity contribution in [2.75, 3.05) is 18.6 Å². The maximum Gasteiger partial charge on any atom is 0.224 e. The highest BCUT2D eigenvalue weighted by molar-refractivity contribution is 9.10. The number of aromatic nitrogens is 2. The second-order valence-corrected chi connectivity index (χ2v) is 7.92. The first kappa shape index (κ1) is 15.0. The van der Waals surface area contributed by atoms with Gasteiger partial charge in [0.15, 0.2) is 0 Å². The molecule has 2 rings (SSSR count). The highest BCUT2D eigenvalue weighted by atomic mass is 79.9. The van der Waals surface area contributed by atoms with Crippen LogP contribution in [0.25, 0.3) is 0 Å². The van der Waals surface area contributed by atoms with Crippen LogP contribution in [0.5, 0.6) is 0 Å². The number of anilines is 2. The molecule has 100 valence electrons. The summed E-state index contributed by atoms with van der Waals surface area (Å²) in [5.74, 6) is 0.639. The van der Waals surface area contributed by atoms with Crippen LogP contribution in [-0.4, -0.2) is 23.3 Å². The molecule has 1 aromatic heterocycles. The average molecular weight is 379 g/mol. The van der Waals surface area contributed by atoms with Crippen molar-refractivity contribution in [2.24, 2.45) is 0 Å². The second-order valence-electron chi connectivity index (χ2n) is 4.02. The molecule has 0 radical (unpaired) electrons. The van der Waals surface area contributed by atoms with Crippen molar-refractivity contribution < 1.29 is 0 Å². The van der Waals surface area contributed by atoms with Gasteiger partial charge in [0.05, 0.1) is 4.47 Å². The Labute approximate surface area is 131 Å². The topological polar surface area (TPSA) is 37.8 Å². The van der Waals surface area contributed by atoms with E-state index in [2.05, 4.69) is 44.5 Å². The summed E-state index contributed by atoms with van der Waals surface area (Å²) in [6, 6.07) is 5.78. The van der Waals surface area contributed by atoms with E-state index in [9.17, 15) is 0 Å². The maximum absolute atomic E-state index is 6.05. The third-order valence-electron chi connectivity index (χ3n) is 2.41. The first-order valence-corrected chi connectivity index (χ1v) is 9.18. The molecule has 0 unspecified atom stereocenters. The van der Waals surface area contributed by atoms with E-state index in [4.69, 9.17) is 23.2 Å². The Morgan fingerprint density at radius 2 is 2.00 bits per heavy atom. The van der Waals surface area contributed by atoms with Gasteiger partial charge >= 0.3 is 0 Å². The van der Waals surface area contributed by atoms with Crippen molar-refractivity contribution in [2.45, 2.75) is 0 Å². The molecule has 0 saturated carbocycles. The zero-order chi connectivity index (χ0) is 14.0. The Hall–Kier alpha value is -0.410. The van der Waals surface area contributed by atoms with Gasteiger partial charge in [-0.05, 0) is 59.1 Å². The lowest BCUT2D eigenvalue weighted by molar-refractivity contribution is 1.15. The molecule has 7 heteroatoms. The van der Waals surface area contributed by atoms with Crippen molar-refractivity contribution in [1.82, 2.24) is 9.97 Å². The van der Waals surface area contributed by atoms with Crippen LogP contribution in [0.3, 0.4) is 0 Å². The van der Waals surface area contributed by atoms with Crippen LogP contribution in [0, 0.1) is 0 Å². The van der Waals surface area contributed by atoms with Gasteiger partial charge in [0.2, 0.25) is 5.28 Å². The third-order valence-corrected chi connectivity index (χ3v) is 4.74. The predicted octanol–water partition coefficient (Wildman–Crippen LogP) is 4.66. The third kappa shape index (κ3) is 3.79. The zero-order valence-electron chi connectivity index (χ0n) is 10.3. The molecule has 1 heterocycles. The molecule has 19 heavy (non-hydrogen) atoms. The van der Waals surface area contributed by atoms with E-state index in [0.29, 0.717) is 5.82 Å². The smallest absolute Gasteiger partial charge is 0.224 e. The van der Waals surface area contributed by atoms with Gasteiger partial charge in [0, 0.05) is 22.2 Å². The minimum absolute atomic E-state index is 0.205. The van der Waals surface area contributed by atoms with Gasteiger partial charge in [-0.25, -0.2) is 4.98 Å². The Kier molecular flexibility index (Phi) is 5.02. The van der Waals surface area contributed by atoms with Gasteiger partial charge in [-0.1, -0.05) is 19.5 Å². The first-order chi connectivity index (χ1) is 8.97. The molecule has 0 amide bonds. The fourth-order valence-corrected chi connectivity index (χ4v) is 3.22. The Morgan fingerprint density at radius 3 is 2.68 bits per heavy atom. The summed E-state index contributed by atoms with van der Waals surface area (Å²) in [6.07, 6.45) is 1.62. The Morgan fingerprint density at radius 1 is 1.26 bits per heavy atom. The minimum atomic E-state index is -0.285. The number of nitrogens with zero attached hydrogens (tertiary/aromatic N) is 2. The van der Waals surface area contributed by atoms with Gasteiger partial charge in [0.25, 0.3) is 0 Å². The number of nitrogens with one attached hydrogen (secondary N) is 1. The fourth-order valence-electron chi connectivity index (χ4n) is 1.54. The molecule has 0 aliphatic rings. The summed E-state index contributed by atoms with van der Waals surface area (Å²) >= 11 is 15.3. The van der Waals surface area contributed by atoms with Crippen molar-refractivity contribution in [3.8, 4) is 0 Å². The van der Waals surface area contributed by atoms with Gasteiger partial charge in [-0.15, -0.1) is 0 Å². The van der Waals surface area contributed by atoms with E-state index in [-0.39, 0.29) is 13.2 Å². The highest BCUT2D eigenvalue weighted by Gasteiger charge is 2.10. The van der Waals surface area contributed by atoms with Crippen molar-refractivity contribution in [3.63, 3.8) is 0 Å². The molecule has 1 N–H and O–H groups in total. The largest absolute Gasteiger partial charge is 0.339 e. The molecule has 1 aromatic carbocycles. The lowest BCUT2D eigenvalue weighted by atomic mass is 10.3. The standard InChI is InChI=1S/C12H11BrCl2N3P/c1-19(2)10-5-7(14)3-4-9(10)17-11-8(13)6-16-12(15)18-11/h3-6H,1-2H3,(H,16,17,18). The first-order valence-electron chi connectivity index (χ1n) is 5.39. The maximum atomic E-state index is 6.05. The summed E-state index contributed by atoms with van der Waals surface area (Å²) in [7, 11) is -0.285. The van der Waals surface area contributed by atoms with Crippen LogP contribution in [0.15, 0.2) is 28.9 Å². The molecule has 0 bridgehead atoms. The average Bonchev–Trinajstić information content (AvgIpc) is 2.35. The van der Waals surface area contributed by atoms with E-state index < -0.39 is 0 Å². The van der Waals surface area contributed by atoms with Crippen LogP contribution >= 0.6 is 47.1 Å². The van der Waals surface area contributed by atoms with Crippen molar-refractivity contribution in [3.05, 3.63) is 39.2 Å². The van der Waals surface area contributed by atoms with E-state index in [1.54, 1.807) is 6.20 Å². The van der Waals surface area contributed by atoms with Gasteiger partial charge < -0.3 is 5.32 Å². The van der Waals surface area contributed by atoms with E-state index >= 15 is 0 Å². The lowest BCUT2D eigenvalue weighted by Crippen LogP contribution is -2.08. The molecule has 3 nitrogen and oxygen atoms in total. The molecule has 0 fully saturated rings. The number of benzene rings is 1. The number of rotatable bonds is 3. The SMILES string of the molecule is CP(C)c1cc(Cl)ccc1Nc1nc(Cl)ncc1Br. The lowest BCUT2D eigenvalue weighted by Gasteiger charge is -2.15. The number of halogens is 3. The van der Waals surface area contributed by atoms with E-state index in [1.807, 2.05) is 18.2 Å². The molecular weight excluding hydrogens is 368 g/mol. The van der Waals surface area contributed by atoms with E-state index in [0.717, 1.165) is 15.2 Å². The molecule has 0 aliphatic heterocycles. The Balaban J connectivity index is 2.40. The van der Waals surface area contributed by atoms with E-state index in [1.165, 1.54) is 5.30 Å². The van der Waals surface area contributed by atoms with Crippen LogP contribution in [0.1, 0.15) is 0 Å². The normalized spacial score (nSPS) is 10.8. The molecule has 2 aromatic rings. The number of hydrogen-bond donors (Lipinski definition) is 1. The second kappa shape index (κ2) is 6.36. The molecule has 0 atom stereocenters. The van der Waals surface area contributed by atoms with Crippen LogP contribution < -0.4 is 10.6 Å². The molecular formula is C12H11BrCl2N3P. The molecule has 0 saturated heterocycles. The van der Waals surface area contributed by atoms with Gasteiger partial charge in [-0.3, -0.25) is 0 Å². The quantitative estimate of drug-likeness (QED) is 0.623. The minimum Gasteiger partial charge on any atom is -0.339 e. The van der Waals surface area contributed by atoms with Gasteiger partial charge in [-0.2, -0.15) is 4.98 Å². The highest BCUT2D eigenvalue weighted by Crippen LogP contribution is 2.32. The van der Waals surface area contributed by atoms with Crippen LogP contribution in [-0.2, 0) is 0 Å². The summed E-state index contributed by atoms with van der Waals surface area (Å²) in [6.45, 7) is 4.35. The van der Waals surface area contributed by atoms with Gasteiger partial charge in [0.1, 0.15) is 5.82 Å². The van der Waals surface area contributed by atoms with Crippen LogP contribution in [0.4, 0.5) is 11.5 Å². The molecule has 0 aliphatic carbocycles. The zero-order valence-corrected chi connectivity index (χ0v) is 14.3. The summed E-state index contributed by atoms with van der Waals surface area (Å²) in [4.78, 5) is 8.06. The summed E-state index contributed by atoms with van der Waals surface area (Å²) in [5, 5.41) is 5.39. The van der Waals surface area contributed by atoms with Crippen molar-refractivity contribution >= 4 is 63.9 Å². The predicted molar refractivity (Wildman–Crippen MR) is 87.9 cm³/mol. The summed E-state index contributed by atoms with van der Waals surface area (Å²) < 4.78 is 0.759. The molecule has 0 spiro atoms. The summed E-state index contributed by atoms with van der Waals surface area (Å²) in [5.41, 5.74) is 0.982. The fraction of sp³-hybridized carbons (Fsp3) is 0.167. The number of hydrogen-bond acceptors (Lipinski definition) is 3. The Bertz CT molecular complexity index is 608.